The first-order valence-electron chi connectivity index (χ1n) is 5.64. The number of nitrogens with zero attached hydrogens (tertiary/aromatic N) is 2. The Morgan fingerprint density at radius 3 is 2.75 bits per heavy atom. The molecule has 0 N–H and O–H groups in total. The van der Waals surface area contributed by atoms with E-state index in [2.05, 4.69) is 18.9 Å². The van der Waals surface area contributed by atoms with Crippen molar-refractivity contribution in [2.24, 2.45) is 12.5 Å². The lowest BCUT2D eigenvalue weighted by Crippen LogP contribution is -2.22. The summed E-state index contributed by atoms with van der Waals surface area (Å²) in [6.45, 7) is 4.31. The Balaban J connectivity index is 2.13. The molecule has 2 rings (SSSR count). The van der Waals surface area contributed by atoms with E-state index < -0.39 is 0 Å². The van der Waals surface area contributed by atoms with Crippen molar-refractivity contribution in [3.63, 3.8) is 0 Å². The number of hydrogen-bond donors (Lipinski definition) is 0. The van der Waals surface area contributed by atoms with E-state index >= 15 is 0 Å². The molecule has 0 spiro atoms. The van der Waals surface area contributed by atoms with Crippen molar-refractivity contribution in [2.75, 3.05) is 0 Å². The lowest BCUT2D eigenvalue weighted by atomic mass is 9.76. The minimum absolute atomic E-state index is 0.114. The highest BCUT2D eigenvalue weighted by Crippen LogP contribution is 2.34. The minimum Gasteiger partial charge on any atom is -0.295 e. The Hall–Kier alpha value is -1.38. The van der Waals surface area contributed by atoms with Gasteiger partial charge in [-0.1, -0.05) is 19.4 Å². The zero-order chi connectivity index (χ0) is 11.8. The molecule has 0 atom stereocenters. The second kappa shape index (κ2) is 3.89. The van der Waals surface area contributed by atoms with E-state index in [0.717, 1.165) is 12.8 Å². The van der Waals surface area contributed by atoms with Crippen LogP contribution in [-0.4, -0.2) is 15.6 Å². The van der Waals surface area contributed by atoms with Crippen molar-refractivity contribution in [1.29, 1.82) is 0 Å². The van der Waals surface area contributed by atoms with E-state index in [9.17, 15) is 4.79 Å². The third-order valence-electron chi connectivity index (χ3n) is 2.91. The van der Waals surface area contributed by atoms with Gasteiger partial charge in [0.15, 0.2) is 5.78 Å². The fourth-order valence-corrected chi connectivity index (χ4v) is 2.42. The second-order valence-corrected chi connectivity index (χ2v) is 5.49. The fraction of sp³-hybridized carbons (Fsp3) is 0.538. The maximum atomic E-state index is 11.6. The molecule has 1 aromatic rings. The molecule has 0 fully saturated rings. The monoisotopic (exact) mass is 218 g/mol. The number of ketones is 1. The molecule has 1 aliphatic carbocycles. The predicted octanol–water partition coefficient (Wildman–Crippen LogP) is 2.28. The van der Waals surface area contributed by atoms with Gasteiger partial charge < -0.3 is 0 Å². The first-order chi connectivity index (χ1) is 7.44. The quantitative estimate of drug-likeness (QED) is 0.763. The van der Waals surface area contributed by atoms with Gasteiger partial charge >= 0.3 is 0 Å². The molecule has 0 radical (unpaired) electrons. The van der Waals surface area contributed by atoms with Crippen molar-refractivity contribution in [3.05, 3.63) is 29.6 Å². The highest BCUT2D eigenvalue weighted by molar-refractivity contribution is 5.91. The summed E-state index contributed by atoms with van der Waals surface area (Å²) >= 11 is 0. The van der Waals surface area contributed by atoms with Crippen LogP contribution in [0.1, 0.15) is 32.3 Å². The van der Waals surface area contributed by atoms with E-state index in [1.54, 1.807) is 4.68 Å². The summed E-state index contributed by atoms with van der Waals surface area (Å²) in [5.74, 6) is 0.259. The molecular weight excluding hydrogens is 200 g/mol. The Bertz CT molecular complexity index is 441. The zero-order valence-electron chi connectivity index (χ0n) is 10.2. The average Bonchev–Trinajstić information content (AvgIpc) is 2.46. The predicted molar refractivity (Wildman–Crippen MR) is 63.0 cm³/mol. The first-order valence-corrected chi connectivity index (χ1v) is 5.64. The molecule has 0 aromatic carbocycles. The zero-order valence-corrected chi connectivity index (χ0v) is 10.2. The number of aromatic nitrogens is 2. The van der Waals surface area contributed by atoms with Crippen LogP contribution in [0.25, 0.3) is 0 Å². The van der Waals surface area contributed by atoms with Crippen LogP contribution in [0.3, 0.4) is 0 Å². The molecule has 0 saturated carbocycles. The fourth-order valence-electron chi connectivity index (χ4n) is 2.42. The van der Waals surface area contributed by atoms with Crippen LogP contribution in [-0.2, 0) is 18.3 Å². The smallest absolute Gasteiger partial charge is 0.156 e. The van der Waals surface area contributed by atoms with Gasteiger partial charge in [0.05, 0.1) is 6.20 Å². The number of hydrogen-bond acceptors (Lipinski definition) is 2. The molecule has 0 unspecified atom stereocenters. The second-order valence-electron chi connectivity index (χ2n) is 5.49. The number of aryl methyl sites for hydroxylation is 1. The van der Waals surface area contributed by atoms with E-state index in [1.165, 1.54) is 11.1 Å². The van der Waals surface area contributed by atoms with Crippen LogP contribution in [0.4, 0.5) is 0 Å². The van der Waals surface area contributed by atoms with Crippen LogP contribution in [0.15, 0.2) is 24.0 Å². The van der Waals surface area contributed by atoms with Crippen LogP contribution in [0, 0.1) is 5.41 Å². The standard InChI is InChI=1S/C13H18N2O/c1-13(2)6-10(5-12(16)7-13)4-11-8-14-15(3)9-11/h5,8-9H,4,6-7H2,1-3H3. The van der Waals surface area contributed by atoms with Gasteiger partial charge in [0.25, 0.3) is 0 Å². The molecule has 3 nitrogen and oxygen atoms in total. The van der Waals surface area contributed by atoms with Gasteiger partial charge in [0.2, 0.25) is 0 Å². The molecule has 86 valence electrons. The summed E-state index contributed by atoms with van der Waals surface area (Å²) < 4.78 is 1.80. The van der Waals surface area contributed by atoms with E-state index in [0.29, 0.717) is 6.42 Å². The minimum atomic E-state index is 0.114. The SMILES string of the molecule is Cn1cc(CC2=CC(=O)CC(C)(C)C2)cn1. The lowest BCUT2D eigenvalue weighted by Gasteiger charge is -2.28. The van der Waals surface area contributed by atoms with Crippen molar-refractivity contribution >= 4 is 5.78 Å². The number of carbonyl (C=O) groups is 1. The molecule has 0 saturated heterocycles. The summed E-state index contributed by atoms with van der Waals surface area (Å²) in [5, 5.41) is 4.14. The molecule has 0 bridgehead atoms. The summed E-state index contributed by atoms with van der Waals surface area (Å²) in [6.07, 6.45) is 8.22. The summed E-state index contributed by atoms with van der Waals surface area (Å²) in [5.41, 5.74) is 2.53. The van der Waals surface area contributed by atoms with Gasteiger partial charge in [-0.25, -0.2) is 0 Å². The number of carbonyl (C=O) groups excluding carboxylic acids is 1. The van der Waals surface area contributed by atoms with Crippen LogP contribution in [0.5, 0.6) is 0 Å². The van der Waals surface area contributed by atoms with Crippen molar-refractivity contribution in [3.8, 4) is 0 Å². The molecular formula is C13H18N2O. The normalized spacial score (nSPS) is 19.7. The molecule has 0 aliphatic heterocycles. The molecule has 16 heavy (non-hydrogen) atoms. The summed E-state index contributed by atoms with van der Waals surface area (Å²) in [7, 11) is 1.91. The number of rotatable bonds is 2. The number of allylic oxidation sites excluding steroid dienone is 2. The maximum absolute atomic E-state index is 11.6. The molecule has 1 heterocycles. The summed E-state index contributed by atoms with van der Waals surface area (Å²) in [4.78, 5) is 11.6. The maximum Gasteiger partial charge on any atom is 0.156 e. The highest BCUT2D eigenvalue weighted by Gasteiger charge is 2.27. The van der Waals surface area contributed by atoms with Gasteiger partial charge in [-0.3, -0.25) is 9.48 Å². The van der Waals surface area contributed by atoms with Crippen LogP contribution >= 0.6 is 0 Å². The average molecular weight is 218 g/mol. The van der Waals surface area contributed by atoms with E-state index in [-0.39, 0.29) is 11.2 Å². The Morgan fingerprint density at radius 2 is 2.19 bits per heavy atom. The topological polar surface area (TPSA) is 34.9 Å². The Labute approximate surface area is 96.2 Å². The van der Waals surface area contributed by atoms with Crippen LogP contribution in [0.2, 0.25) is 0 Å². The third kappa shape index (κ3) is 2.60. The van der Waals surface area contributed by atoms with Crippen LogP contribution < -0.4 is 0 Å². The molecule has 3 heteroatoms. The van der Waals surface area contributed by atoms with Gasteiger partial charge in [-0.2, -0.15) is 5.10 Å². The highest BCUT2D eigenvalue weighted by atomic mass is 16.1. The molecule has 0 amide bonds. The van der Waals surface area contributed by atoms with Crippen molar-refractivity contribution in [1.82, 2.24) is 9.78 Å². The molecule has 1 aliphatic rings. The van der Waals surface area contributed by atoms with E-state index in [4.69, 9.17) is 0 Å². The van der Waals surface area contributed by atoms with Gasteiger partial charge in [0, 0.05) is 19.7 Å². The largest absolute Gasteiger partial charge is 0.295 e. The molecule has 1 aromatic heterocycles. The van der Waals surface area contributed by atoms with Gasteiger partial charge in [-0.15, -0.1) is 0 Å². The summed E-state index contributed by atoms with van der Waals surface area (Å²) in [6, 6.07) is 0. The lowest BCUT2D eigenvalue weighted by molar-refractivity contribution is -0.117. The van der Waals surface area contributed by atoms with Crippen molar-refractivity contribution < 1.29 is 4.79 Å². The first kappa shape index (κ1) is 11.1. The van der Waals surface area contributed by atoms with Gasteiger partial charge in [0.1, 0.15) is 0 Å². The Morgan fingerprint density at radius 1 is 1.44 bits per heavy atom. The van der Waals surface area contributed by atoms with Gasteiger partial charge in [-0.05, 0) is 29.9 Å². The van der Waals surface area contributed by atoms with Crippen molar-refractivity contribution in [2.45, 2.75) is 33.1 Å². The third-order valence-corrected chi connectivity index (χ3v) is 2.91. The van der Waals surface area contributed by atoms with E-state index in [1.807, 2.05) is 25.5 Å². The Kier molecular flexibility index (Phi) is 2.70.